The van der Waals surface area contributed by atoms with Crippen molar-refractivity contribution < 1.29 is 19.1 Å². The van der Waals surface area contributed by atoms with E-state index >= 15 is 0 Å². The van der Waals surface area contributed by atoms with Crippen LogP contribution in [0, 0.1) is 0 Å². The molecule has 0 radical (unpaired) electrons. The molecule has 0 aliphatic carbocycles. The maximum atomic E-state index is 12.6. The fourth-order valence-corrected chi connectivity index (χ4v) is 2.10. The van der Waals surface area contributed by atoms with Gasteiger partial charge in [-0.2, -0.15) is 0 Å². The summed E-state index contributed by atoms with van der Waals surface area (Å²) in [6.07, 6.45) is 1.79. The van der Waals surface area contributed by atoms with Crippen LogP contribution in [0.3, 0.4) is 0 Å². The SMILES string of the molecule is C/C=C/C(=O)O[C@H](C(=O)Nc1cccc(OC)c1)c1ccccc1. The fourth-order valence-electron chi connectivity index (χ4n) is 2.10. The first-order valence-corrected chi connectivity index (χ1v) is 7.47. The molecule has 2 rings (SSSR count). The van der Waals surface area contributed by atoms with Crippen LogP contribution in [0.2, 0.25) is 0 Å². The Morgan fingerprint density at radius 3 is 2.50 bits per heavy atom. The maximum absolute atomic E-state index is 12.6. The number of hydrogen-bond donors (Lipinski definition) is 1. The van der Waals surface area contributed by atoms with E-state index in [-0.39, 0.29) is 0 Å². The molecular weight excluding hydrogens is 306 g/mol. The Kier molecular flexibility index (Phi) is 6.14. The summed E-state index contributed by atoms with van der Waals surface area (Å²) in [7, 11) is 1.55. The minimum Gasteiger partial charge on any atom is -0.497 e. The fraction of sp³-hybridized carbons (Fsp3) is 0.158. The molecule has 0 saturated carbocycles. The normalized spacial score (nSPS) is 11.8. The van der Waals surface area contributed by atoms with Gasteiger partial charge in [0.15, 0.2) is 0 Å². The number of carbonyl (C=O) groups excluding carboxylic acids is 2. The molecule has 0 heterocycles. The molecule has 0 aromatic heterocycles. The second kappa shape index (κ2) is 8.53. The van der Waals surface area contributed by atoms with Crippen molar-refractivity contribution in [3.05, 3.63) is 72.3 Å². The van der Waals surface area contributed by atoms with Gasteiger partial charge >= 0.3 is 5.97 Å². The Balaban J connectivity index is 2.22. The molecule has 0 fully saturated rings. The first-order valence-electron chi connectivity index (χ1n) is 7.47. The van der Waals surface area contributed by atoms with E-state index in [9.17, 15) is 9.59 Å². The standard InChI is InChI=1S/C19H19NO4/c1-3-8-17(21)24-18(14-9-5-4-6-10-14)19(22)20-15-11-7-12-16(13-15)23-2/h3-13,18H,1-2H3,(H,20,22)/b8-3+/t18-/m0/s1. The van der Waals surface area contributed by atoms with Crippen molar-refractivity contribution in [1.29, 1.82) is 0 Å². The monoisotopic (exact) mass is 325 g/mol. The molecule has 2 aromatic rings. The van der Waals surface area contributed by atoms with Crippen molar-refractivity contribution in [3.63, 3.8) is 0 Å². The van der Waals surface area contributed by atoms with Crippen molar-refractivity contribution in [2.24, 2.45) is 0 Å². The van der Waals surface area contributed by atoms with E-state index in [1.165, 1.54) is 6.08 Å². The maximum Gasteiger partial charge on any atom is 0.331 e. The van der Waals surface area contributed by atoms with Gasteiger partial charge in [-0.25, -0.2) is 4.79 Å². The minimum absolute atomic E-state index is 0.438. The van der Waals surface area contributed by atoms with Crippen LogP contribution in [0.15, 0.2) is 66.7 Å². The zero-order valence-electron chi connectivity index (χ0n) is 13.6. The molecule has 5 heteroatoms. The average molecular weight is 325 g/mol. The summed E-state index contributed by atoms with van der Waals surface area (Å²) in [6, 6.07) is 15.8. The number of carbonyl (C=O) groups is 2. The summed E-state index contributed by atoms with van der Waals surface area (Å²) in [5.74, 6) is -0.394. The third-order valence-electron chi connectivity index (χ3n) is 3.21. The van der Waals surface area contributed by atoms with E-state index in [4.69, 9.17) is 9.47 Å². The number of methoxy groups -OCH3 is 1. The van der Waals surface area contributed by atoms with Gasteiger partial charge in [0.05, 0.1) is 7.11 Å². The van der Waals surface area contributed by atoms with Gasteiger partial charge in [0, 0.05) is 23.4 Å². The van der Waals surface area contributed by atoms with E-state index in [1.54, 1.807) is 68.6 Å². The number of amides is 1. The zero-order chi connectivity index (χ0) is 17.4. The highest BCUT2D eigenvalue weighted by Gasteiger charge is 2.24. The smallest absolute Gasteiger partial charge is 0.331 e. The summed E-state index contributed by atoms with van der Waals surface area (Å²) < 4.78 is 10.4. The molecule has 1 N–H and O–H groups in total. The second-order valence-corrected chi connectivity index (χ2v) is 4.95. The van der Waals surface area contributed by atoms with E-state index in [2.05, 4.69) is 5.32 Å². The topological polar surface area (TPSA) is 64.6 Å². The van der Waals surface area contributed by atoms with Crippen LogP contribution in [-0.2, 0) is 14.3 Å². The Hall–Kier alpha value is -3.08. The van der Waals surface area contributed by atoms with Crippen molar-refractivity contribution in [1.82, 2.24) is 0 Å². The van der Waals surface area contributed by atoms with E-state index < -0.39 is 18.0 Å². The van der Waals surface area contributed by atoms with Gasteiger partial charge in [0.2, 0.25) is 6.10 Å². The minimum atomic E-state index is -1.04. The molecule has 24 heavy (non-hydrogen) atoms. The lowest BCUT2D eigenvalue weighted by atomic mass is 10.1. The summed E-state index contributed by atoms with van der Waals surface area (Å²) in [5.41, 5.74) is 1.15. The zero-order valence-corrected chi connectivity index (χ0v) is 13.6. The summed E-state index contributed by atoms with van der Waals surface area (Å²) >= 11 is 0. The van der Waals surface area contributed by atoms with Gasteiger partial charge in [-0.3, -0.25) is 4.79 Å². The first-order chi connectivity index (χ1) is 11.6. The molecule has 0 bridgehead atoms. The highest BCUT2D eigenvalue weighted by Crippen LogP contribution is 2.22. The number of allylic oxidation sites excluding steroid dienone is 1. The van der Waals surface area contributed by atoms with E-state index in [0.717, 1.165) is 0 Å². The summed E-state index contributed by atoms with van der Waals surface area (Å²) in [6.45, 7) is 1.70. The van der Waals surface area contributed by atoms with Gasteiger partial charge in [-0.15, -0.1) is 0 Å². The van der Waals surface area contributed by atoms with Gasteiger partial charge in [-0.1, -0.05) is 42.5 Å². The van der Waals surface area contributed by atoms with Crippen LogP contribution >= 0.6 is 0 Å². The van der Waals surface area contributed by atoms with Crippen molar-refractivity contribution in [2.45, 2.75) is 13.0 Å². The molecule has 5 nitrogen and oxygen atoms in total. The lowest BCUT2D eigenvalue weighted by molar-refractivity contribution is -0.149. The number of benzene rings is 2. The number of nitrogens with one attached hydrogen (secondary N) is 1. The van der Waals surface area contributed by atoms with Gasteiger partial charge < -0.3 is 14.8 Å². The molecule has 0 saturated heterocycles. The molecule has 0 spiro atoms. The number of esters is 1. The molecule has 0 aliphatic rings. The molecule has 0 aliphatic heterocycles. The number of hydrogen-bond acceptors (Lipinski definition) is 4. The molecule has 2 aromatic carbocycles. The van der Waals surface area contributed by atoms with Gasteiger partial charge in [0.25, 0.3) is 5.91 Å². The van der Waals surface area contributed by atoms with E-state index in [0.29, 0.717) is 17.0 Å². The Bertz CT molecular complexity index is 725. The average Bonchev–Trinajstić information content (AvgIpc) is 2.60. The molecular formula is C19H19NO4. The number of rotatable bonds is 6. The van der Waals surface area contributed by atoms with Gasteiger partial charge in [0.1, 0.15) is 5.75 Å². The number of anilines is 1. The van der Waals surface area contributed by atoms with Crippen molar-refractivity contribution >= 4 is 17.6 Å². The summed E-state index contributed by atoms with van der Waals surface area (Å²) in [4.78, 5) is 24.4. The molecule has 0 unspecified atom stereocenters. The van der Waals surface area contributed by atoms with Crippen molar-refractivity contribution in [2.75, 3.05) is 12.4 Å². The van der Waals surface area contributed by atoms with Gasteiger partial charge in [-0.05, 0) is 19.1 Å². The molecule has 1 amide bonds. The Morgan fingerprint density at radius 1 is 1.08 bits per heavy atom. The Labute approximate surface area is 140 Å². The largest absolute Gasteiger partial charge is 0.497 e. The van der Waals surface area contributed by atoms with Crippen LogP contribution < -0.4 is 10.1 Å². The number of ether oxygens (including phenoxy) is 2. The lowest BCUT2D eigenvalue weighted by Crippen LogP contribution is -2.25. The van der Waals surface area contributed by atoms with Crippen LogP contribution in [0.1, 0.15) is 18.6 Å². The predicted molar refractivity (Wildman–Crippen MR) is 91.7 cm³/mol. The third kappa shape index (κ3) is 4.71. The van der Waals surface area contributed by atoms with Crippen molar-refractivity contribution in [3.8, 4) is 5.75 Å². The first kappa shape index (κ1) is 17.3. The lowest BCUT2D eigenvalue weighted by Gasteiger charge is -2.17. The summed E-state index contributed by atoms with van der Waals surface area (Å²) in [5, 5.41) is 2.74. The van der Waals surface area contributed by atoms with Crippen LogP contribution in [-0.4, -0.2) is 19.0 Å². The van der Waals surface area contributed by atoms with E-state index in [1.807, 2.05) is 6.07 Å². The highest BCUT2D eigenvalue weighted by molar-refractivity contribution is 5.97. The Morgan fingerprint density at radius 2 is 1.83 bits per heavy atom. The molecule has 124 valence electrons. The third-order valence-corrected chi connectivity index (χ3v) is 3.21. The van der Waals surface area contributed by atoms with Crippen LogP contribution in [0.4, 0.5) is 5.69 Å². The quantitative estimate of drug-likeness (QED) is 0.652. The van der Waals surface area contributed by atoms with Crippen LogP contribution in [0.25, 0.3) is 0 Å². The highest BCUT2D eigenvalue weighted by atomic mass is 16.5. The molecule has 1 atom stereocenters. The van der Waals surface area contributed by atoms with Crippen LogP contribution in [0.5, 0.6) is 5.75 Å². The predicted octanol–water partition coefficient (Wildman–Crippen LogP) is 3.49. The second-order valence-electron chi connectivity index (χ2n) is 4.95.